The summed E-state index contributed by atoms with van der Waals surface area (Å²) in [6.45, 7) is 1.06. The van der Waals surface area contributed by atoms with Gasteiger partial charge in [0.2, 0.25) is 0 Å². The summed E-state index contributed by atoms with van der Waals surface area (Å²) >= 11 is 0. The Kier molecular flexibility index (Phi) is 2.89. The molecular weight excluding hydrogens is 246 g/mol. The van der Waals surface area contributed by atoms with Crippen LogP contribution in [0.3, 0.4) is 0 Å². The van der Waals surface area contributed by atoms with Crippen molar-refractivity contribution < 1.29 is 19.4 Å². The van der Waals surface area contributed by atoms with Gasteiger partial charge in [-0.1, -0.05) is 18.2 Å². The molecule has 0 bridgehead atoms. The van der Waals surface area contributed by atoms with Crippen LogP contribution < -0.4 is 4.74 Å². The highest BCUT2D eigenvalue weighted by Gasteiger charge is 2.38. The molecule has 1 aromatic rings. The molecule has 1 aromatic carbocycles. The van der Waals surface area contributed by atoms with Crippen LogP contribution in [0.4, 0.5) is 0 Å². The van der Waals surface area contributed by atoms with Gasteiger partial charge >= 0.3 is 5.97 Å². The number of carbonyl (C=O) groups excluding carboxylic acids is 1. The number of benzene rings is 1. The lowest BCUT2D eigenvalue weighted by molar-refractivity contribution is -0.149. The number of nitrogens with zero attached hydrogens (tertiary/aromatic N) is 1. The van der Waals surface area contributed by atoms with Crippen LogP contribution in [-0.2, 0) is 16.0 Å². The van der Waals surface area contributed by atoms with Crippen LogP contribution in [0.15, 0.2) is 24.3 Å². The average Bonchev–Trinajstić information content (AvgIpc) is 2.75. The Morgan fingerprint density at radius 3 is 2.74 bits per heavy atom. The van der Waals surface area contributed by atoms with Gasteiger partial charge in [-0.15, -0.1) is 0 Å². The van der Waals surface area contributed by atoms with E-state index in [1.54, 1.807) is 4.90 Å². The van der Waals surface area contributed by atoms with Gasteiger partial charge in [0.15, 0.2) is 6.10 Å². The van der Waals surface area contributed by atoms with Gasteiger partial charge in [-0.25, -0.2) is 0 Å². The van der Waals surface area contributed by atoms with Gasteiger partial charge in [0.05, 0.1) is 6.42 Å². The fourth-order valence-electron chi connectivity index (χ4n) is 2.65. The first-order valence-corrected chi connectivity index (χ1v) is 6.38. The van der Waals surface area contributed by atoms with E-state index < -0.39 is 12.1 Å². The minimum absolute atomic E-state index is 0.0298. The number of likely N-dealkylation sites (tertiary alicyclic amines) is 1. The van der Waals surface area contributed by atoms with E-state index >= 15 is 0 Å². The molecule has 5 nitrogen and oxygen atoms in total. The lowest BCUT2D eigenvalue weighted by atomic mass is 9.95. The highest BCUT2D eigenvalue weighted by atomic mass is 16.5. The molecule has 0 radical (unpaired) electrons. The maximum absolute atomic E-state index is 12.2. The van der Waals surface area contributed by atoms with E-state index in [1.807, 2.05) is 24.3 Å². The maximum Gasteiger partial charge on any atom is 0.303 e. The summed E-state index contributed by atoms with van der Waals surface area (Å²) in [6.07, 6.45) is 0.299. The lowest BCUT2D eigenvalue weighted by Crippen LogP contribution is -2.54. The molecule has 5 heteroatoms. The van der Waals surface area contributed by atoms with Crippen molar-refractivity contribution in [3.8, 4) is 5.75 Å². The monoisotopic (exact) mass is 261 g/mol. The number of carboxylic acid groups (broad SMARTS) is 1. The number of amides is 1. The first-order chi connectivity index (χ1) is 9.13. The van der Waals surface area contributed by atoms with E-state index in [4.69, 9.17) is 9.84 Å². The van der Waals surface area contributed by atoms with E-state index in [1.165, 1.54) is 0 Å². The number of hydrogen-bond acceptors (Lipinski definition) is 3. The summed E-state index contributed by atoms with van der Waals surface area (Å²) in [4.78, 5) is 24.4. The summed E-state index contributed by atoms with van der Waals surface area (Å²) in [5.74, 6) is 0.0353. The zero-order valence-corrected chi connectivity index (χ0v) is 10.4. The molecular formula is C14H15NO4. The predicted molar refractivity (Wildman–Crippen MR) is 66.9 cm³/mol. The molecule has 1 atom stereocenters. The second-order valence-corrected chi connectivity index (χ2v) is 5.13. The molecule has 0 aliphatic carbocycles. The SMILES string of the molecule is O=C(O)CC1CN(C(=O)C2Cc3ccccc3O2)C1. The van der Waals surface area contributed by atoms with Gasteiger partial charge in [-0.05, 0) is 11.6 Å². The largest absolute Gasteiger partial charge is 0.481 e. The van der Waals surface area contributed by atoms with Crippen molar-refractivity contribution in [1.82, 2.24) is 4.90 Å². The topological polar surface area (TPSA) is 66.8 Å². The molecule has 1 unspecified atom stereocenters. The predicted octanol–water partition coefficient (Wildman–Crippen LogP) is 0.923. The molecule has 3 rings (SSSR count). The second-order valence-electron chi connectivity index (χ2n) is 5.13. The molecule has 2 aliphatic rings. The summed E-state index contributed by atoms with van der Waals surface area (Å²) in [7, 11) is 0. The Morgan fingerprint density at radius 1 is 1.32 bits per heavy atom. The Labute approximate surface area is 110 Å². The third kappa shape index (κ3) is 2.28. The van der Waals surface area contributed by atoms with E-state index in [0.717, 1.165) is 11.3 Å². The second kappa shape index (κ2) is 4.57. The van der Waals surface area contributed by atoms with Crippen LogP contribution >= 0.6 is 0 Å². The van der Waals surface area contributed by atoms with E-state index in [0.29, 0.717) is 19.5 Å². The minimum Gasteiger partial charge on any atom is -0.481 e. The van der Waals surface area contributed by atoms with E-state index in [2.05, 4.69) is 0 Å². The van der Waals surface area contributed by atoms with Crippen LogP contribution in [-0.4, -0.2) is 41.1 Å². The summed E-state index contributed by atoms with van der Waals surface area (Å²) in [6, 6.07) is 7.65. The van der Waals surface area contributed by atoms with Crippen LogP contribution in [0.1, 0.15) is 12.0 Å². The summed E-state index contributed by atoms with van der Waals surface area (Å²) in [5.41, 5.74) is 1.06. The number of carbonyl (C=O) groups is 2. The van der Waals surface area contributed by atoms with Crippen molar-refractivity contribution in [2.45, 2.75) is 18.9 Å². The Hall–Kier alpha value is -2.04. The minimum atomic E-state index is -0.804. The molecule has 100 valence electrons. The maximum atomic E-state index is 12.2. The molecule has 0 aromatic heterocycles. The highest BCUT2D eigenvalue weighted by molar-refractivity contribution is 5.83. The molecule has 1 amide bonds. The molecule has 19 heavy (non-hydrogen) atoms. The van der Waals surface area contributed by atoms with Gasteiger partial charge in [-0.2, -0.15) is 0 Å². The molecule has 0 spiro atoms. The van der Waals surface area contributed by atoms with Crippen LogP contribution in [0.25, 0.3) is 0 Å². The number of hydrogen-bond donors (Lipinski definition) is 1. The number of para-hydroxylation sites is 1. The molecule has 1 fully saturated rings. The van der Waals surface area contributed by atoms with Gasteiger partial charge in [0, 0.05) is 25.4 Å². The number of rotatable bonds is 3. The number of ether oxygens (including phenoxy) is 1. The zero-order valence-electron chi connectivity index (χ0n) is 10.4. The normalized spacial score (nSPS) is 21.5. The molecule has 2 heterocycles. The first-order valence-electron chi connectivity index (χ1n) is 6.38. The zero-order chi connectivity index (χ0) is 13.4. The van der Waals surface area contributed by atoms with Crippen LogP contribution in [0, 0.1) is 5.92 Å². The fourth-order valence-corrected chi connectivity index (χ4v) is 2.65. The smallest absolute Gasteiger partial charge is 0.303 e. The van der Waals surface area contributed by atoms with Crippen molar-refractivity contribution in [3.63, 3.8) is 0 Å². The standard InChI is InChI=1S/C14H15NO4/c16-13(17)5-9-7-15(8-9)14(18)12-6-10-3-1-2-4-11(10)19-12/h1-4,9,12H,5-8H2,(H,16,17). The molecule has 0 saturated carbocycles. The van der Waals surface area contributed by atoms with Gasteiger partial charge in [0.1, 0.15) is 5.75 Å². The number of aliphatic carboxylic acids is 1. The van der Waals surface area contributed by atoms with Gasteiger partial charge < -0.3 is 14.7 Å². The lowest BCUT2D eigenvalue weighted by Gasteiger charge is -2.39. The van der Waals surface area contributed by atoms with Crippen molar-refractivity contribution in [3.05, 3.63) is 29.8 Å². The van der Waals surface area contributed by atoms with Crippen molar-refractivity contribution >= 4 is 11.9 Å². The van der Waals surface area contributed by atoms with E-state index in [-0.39, 0.29) is 18.2 Å². The molecule has 1 saturated heterocycles. The number of fused-ring (bicyclic) bond motifs is 1. The third-order valence-corrected chi connectivity index (χ3v) is 3.65. The summed E-state index contributed by atoms with van der Waals surface area (Å²) < 4.78 is 5.63. The van der Waals surface area contributed by atoms with E-state index in [9.17, 15) is 9.59 Å². The Morgan fingerprint density at radius 2 is 2.05 bits per heavy atom. The fraction of sp³-hybridized carbons (Fsp3) is 0.429. The number of carboxylic acids is 1. The highest BCUT2D eigenvalue weighted by Crippen LogP contribution is 2.30. The quantitative estimate of drug-likeness (QED) is 0.878. The average molecular weight is 261 g/mol. The summed E-state index contributed by atoms with van der Waals surface area (Å²) in [5, 5.41) is 8.68. The van der Waals surface area contributed by atoms with Gasteiger partial charge in [0.25, 0.3) is 5.91 Å². The van der Waals surface area contributed by atoms with Crippen molar-refractivity contribution in [1.29, 1.82) is 0 Å². The van der Waals surface area contributed by atoms with Crippen LogP contribution in [0.2, 0.25) is 0 Å². The molecule has 1 N–H and O–H groups in total. The van der Waals surface area contributed by atoms with Crippen LogP contribution in [0.5, 0.6) is 5.75 Å². The Balaban J connectivity index is 1.55. The van der Waals surface area contributed by atoms with Crippen molar-refractivity contribution in [2.75, 3.05) is 13.1 Å². The van der Waals surface area contributed by atoms with Gasteiger partial charge in [-0.3, -0.25) is 9.59 Å². The first kappa shape index (κ1) is 12.0. The molecule has 2 aliphatic heterocycles. The third-order valence-electron chi connectivity index (χ3n) is 3.65. The Bertz CT molecular complexity index is 497. The van der Waals surface area contributed by atoms with Crippen molar-refractivity contribution in [2.24, 2.45) is 5.92 Å².